The molecule has 0 aliphatic rings. The van der Waals surface area contributed by atoms with Gasteiger partial charge < -0.3 is 16.0 Å². The predicted molar refractivity (Wildman–Crippen MR) is 119 cm³/mol. The molecule has 0 heterocycles. The van der Waals surface area contributed by atoms with Gasteiger partial charge in [-0.1, -0.05) is 61.4 Å². The highest BCUT2D eigenvalue weighted by molar-refractivity contribution is 5.90. The number of amides is 4. The van der Waals surface area contributed by atoms with Crippen LogP contribution in [-0.2, 0) is 9.59 Å². The largest absolute Gasteiger partial charge is 0.326 e. The van der Waals surface area contributed by atoms with Crippen LogP contribution in [0, 0.1) is 0 Å². The Bertz CT molecular complexity index is 856. The van der Waals surface area contributed by atoms with E-state index in [0.717, 1.165) is 11.3 Å². The zero-order valence-corrected chi connectivity index (χ0v) is 17.2. The second-order valence-corrected chi connectivity index (χ2v) is 6.90. The van der Waals surface area contributed by atoms with Gasteiger partial charge in [0.25, 0.3) is 5.91 Å². The first-order valence-corrected chi connectivity index (χ1v) is 10.2. The summed E-state index contributed by atoms with van der Waals surface area (Å²) in [5, 5.41) is 16.8. The van der Waals surface area contributed by atoms with Crippen LogP contribution in [0.3, 0.4) is 0 Å². The van der Waals surface area contributed by atoms with Crippen molar-refractivity contribution in [3.05, 3.63) is 72.4 Å². The molecule has 2 aromatic rings. The van der Waals surface area contributed by atoms with E-state index in [-0.39, 0.29) is 5.91 Å². The number of hydrogen-bond donors (Lipinski definition) is 5. The molecule has 31 heavy (non-hydrogen) atoms. The highest BCUT2D eigenvalue weighted by Crippen LogP contribution is 2.10. The van der Waals surface area contributed by atoms with Crippen molar-refractivity contribution in [2.24, 2.45) is 0 Å². The lowest BCUT2D eigenvalue weighted by atomic mass is 10.1. The lowest BCUT2D eigenvalue weighted by Gasteiger charge is -2.16. The number of benzene rings is 2. The van der Waals surface area contributed by atoms with E-state index in [1.165, 1.54) is 6.20 Å². The van der Waals surface area contributed by atoms with E-state index in [2.05, 4.69) is 16.0 Å². The summed E-state index contributed by atoms with van der Waals surface area (Å²) in [6.07, 6.45) is 5.86. The summed E-state index contributed by atoms with van der Waals surface area (Å²) in [4.78, 5) is 35.8. The Kier molecular flexibility index (Phi) is 10.3. The molecular weight excluding hydrogens is 396 g/mol. The molecule has 0 fully saturated rings. The van der Waals surface area contributed by atoms with Gasteiger partial charge in [0, 0.05) is 18.3 Å². The first kappa shape index (κ1) is 23.6. The number of carbonyl (C=O) groups excluding carboxylic acids is 3. The summed E-state index contributed by atoms with van der Waals surface area (Å²) in [5.74, 6) is -0.762. The molecule has 8 heteroatoms. The Morgan fingerprint density at radius 1 is 0.903 bits per heavy atom. The van der Waals surface area contributed by atoms with Gasteiger partial charge in [-0.2, -0.15) is 0 Å². The van der Waals surface area contributed by atoms with Crippen LogP contribution in [-0.4, -0.2) is 29.1 Å². The zero-order valence-electron chi connectivity index (χ0n) is 17.2. The first-order valence-electron chi connectivity index (χ1n) is 10.2. The molecule has 2 aromatic carbocycles. The van der Waals surface area contributed by atoms with E-state index >= 15 is 0 Å². The van der Waals surface area contributed by atoms with Crippen molar-refractivity contribution in [2.45, 2.75) is 38.1 Å². The zero-order chi connectivity index (χ0) is 22.3. The molecule has 2 rings (SSSR count). The molecule has 164 valence electrons. The van der Waals surface area contributed by atoms with E-state index in [1.54, 1.807) is 11.6 Å². The smallest absolute Gasteiger partial charge is 0.319 e. The molecule has 0 aromatic heterocycles. The van der Waals surface area contributed by atoms with Crippen molar-refractivity contribution in [1.29, 1.82) is 0 Å². The van der Waals surface area contributed by atoms with Crippen molar-refractivity contribution in [3.8, 4) is 0 Å². The van der Waals surface area contributed by atoms with Crippen LogP contribution in [0.1, 0.15) is 37.7 Å². The second kappa shape index (κ2) is 13.6. The summed E-state index contributed by atoms with van der Waals surface area (Å²) in [6, 6.07) is 17.2. The van der Waals surface area contributed by atoms with Gasteiger partial charge in [-0.15, -0.1) is 0 Å². The third kappa shape index (κ3) is 9.60. The molecule has 0 unspecified atom stereocenters. The predicted octanol–water partition coefficient (Wildman–Crippen LogP) is 3.42. The quantitative estimate of drug-likeness (QED) is 0.216. The minimum absolute atomic E-state index is 0.0708. The van der Waals surface area contributed by atoms with E-state index < -0.39 is 18.0 Å². The maximum Gasteiger partial charge on any atom is 0.319 e. The minimum Gasteiger partial charge on any atom is -0.326 e. The number of urea groups is 1. The standard InChI is InChI=1S/C23H28N4O4/c28-21(25-19-12-6-2-7-13-19)15-9-3-8-14-20(22(29)27-31)26-23(30)24-17-16-18-10-4-1-5-11-18/h1-2,4-7,10-13,16-17,20,31H,3,8-9,14-15H2,(H,25,28)(H,27,29)(H2,24,26,30)/t20-/m0/s1. The van der Waals surface area contributed by atoms with Crippen LogP contribution in [0.15, 0.2) is 66.9 Å². The number of rotatable bonds is 11. The van der Waals surface area contributed by atoms with Gasteiger partial charge in [0.2, 0.25) is 5.91 Å². The molecule has 0 saturated carbocycles. The molecule has 8 nitrogen and oxygen atoms in total. The third-order valence-corrected chi connectivity index (χ3v) is 4.48. The van der Waals surface area contributed by atoms with Gasteiger partial charge in [-0.05, 0) is 36.6 Å². The molecule has 0 aliphatic heterocycles. The fourth-order valence-corrected chi connectivity index (χ4v) is 2.88. The van der Waals surface area contributed by atoms with Gasteiger partial charge in [-0.3, -0.25) is 14.8 Å². The van der Waals surface area contributed by atoms with Crippen LogP contribution in [0.25, 0.3) is 6.08 Å². The van der Waals surface area contributed by atoms with E-state index in [4.69, 9.17) is 5.21 Å². The summed E-state index contributed by atoms with van der Waals surface area (Å²) >= 11 is 0. The summed E-state index contributed by atoms with van der Waals surface area (Å²) in [6.45, 7) is 0. The third-order valence-electron chi connectivity index (χ3n) is 4.48. The maximum atomic E-state index is 12.0. The van der Waals surface area contributed by atoms with Gasteiger partial charge in [0.05, 0.1) is 0 Å². The lowest BCUT2D eigenvalue weighted by molar-refractivity contribution is -0.131. The number of hydrogen-bond acceptors (Lipinski definition) is 4. The van der Waals surface area contributed by atoms with Crippen LogP contribution >= 0.6 is 0 Å². The summed E-state index contributed by atoms with van der Waals surface area (Å²) in [7, 11) is 0. The molecule has 1 atom stereocenters. The van der Waals surface area contributed by atoms with Crippen molar-refractivity contribution in [3.63, 3.8) is 0 Å². The Hall–Kier alpha value is -3.65. The fraction of sp³-hybridized carbons (Fsp3) is 0.261. The van der Waals surface area contributed by atoms with Crippen LogP contribution in [0.4, 0.5) is 10.5 Å². The molecule has 5 N–H and O–H groups in total. The van der Waals surface area contributed by atoms with Crippen LogP contribution in [0.2, 0.25) is 0 Å². The van der Waals surface area contributed by atoms with Crippen molar-refractivity contribution in [1.82, 2.24) is 16.1 Å². The molecule has 0 spiro atoms. The minimum atomic E-state index is -0.881. The van der Waals surface area contributed by atoms with Gasteiger partial charge in [0.1, 0.15) is 6.04 Å². The molecule has 0 aliphatic carbocycles. The van der Waals surface area contributed by atoms with Gasteiger partial charge in [-0.25, -0.2) is 10.3 Å². The van der Waals surface area contributed by atoms with E-state index in [9.17, 15) is 14.4 Å². The second-order valence-electron chi connectivity index (χ2n) is 6.90. The number of nitrogens with one attached hydrogen (secondary N) is 4. The van der Waals surface area contributed by atoms with Crippen LogP contribution < -0.4 is 21.4 Å². The average Bonchev–Trinajstić information content (AvgIpc) is 2.79. The topological polar surface area (TPSA) is 120 Å². The van der Waals surface area contributed by atoms with E-state index in [1.807, 2.05) is 60.7 Å². The Morgan fingerprint density at radius 2 is 1.58 bits per heavy atom. The molecule has 0 radical (unpaired) electrons. The summed E-state index contributed by atoms with van der Waals surface area (Å²) in [5.41, 5.74) is 3.25. The Balaban J connectivity index is 1.68. The molecule has 0 saturated heterocycles. The first-order chi connectivity index (χ1) is 15.1. The number of para-hydroxylation sites is 1. The number of anilines is 1. The van der Waals surface area contributed by atoms with Crippen molar-refractivity contribution >= 4 is 29.6 Å². The number of unbranched alkanes of at least 4 members (excludes halogenated alkanes) is 2. The number of carbonyl (C=O) groups is 3. The van der Waals surface area contributed by atoms with Crippen LogP contribution in [0.5, 0.6) is 0 Å². The summed E-state index contributed by atoms with van der Waals surface area (Å²) < 4.78 is 0. The van der Waals surface area contributed by atoms with E-state index in [0.29, 0.717) is 32.1 Å². The highest BCUT2D eigenvalue weighted by atomic mass is 16.5. The Labute approximate surface area is 181 Å². The maximum absolute atomic E-state index is 12.0. The fourth-order valence-electron chi connectivity index (χ4n) is 2.88. The normalized spacial score (nSPS) is 11.5. The number of hydroxylamine groups is 1. The lowest BCUT2D eigenvalue weighted by Crippen LogP contribution is -2.48. The SMILES string of the molecule is O=C(CCCCC[C@H](NC(=O)NC=Cc1ccccc1)C(=O)NO)Nc1ccccc1. The molecule has 4 amide bonds. The molecule has 0 bridgehead atoms. The molecular formula is C23H28N4O4. The highest BCUT2D eigenvalue weighted by Gasteiger charge is 2.19. The van der Waals surface area contributed by atoms with Gasteiger partial charge >= 0.3 is 6.03 Å². The monoisotopic (exact) mass is 424 g/mol. The Morgan fingerprint density at radius 3 is 2.26 bits per heavy atom. The van der Waals surface area contributed by atoms with Crippen molar-refractivity contribution in [2.75, 3.05) is 5.32 Å². The average molecular weight is 425 g/mol. The van der Waals surface area contributed by atoms with Gasteiger partial charge in [0.15, 0.2) is 0 Å². The van der Waals surface area contributed by atoms with Crippen molar-refractivity contribution < 1.29 is 19.6 Å².